The third-order valence-electron chi connectivity index (χ3n) is 3.28. The highest BCUT2D eigenvalue weighted by Crippen LogP contribution is 2.18. The number of nitrogens with one attached hydrogen (secondary N) is 1. The van der Waals surface area contributed by atoms with Crippen LogP contribution in [0, 0.1) is 5.82 Å². The van der Waals surface area contributed by atoms with Crippen LogP contribution in [0.25, 0.3) is 17.5 Å². The molecule has 0 radical (unpaired) electrons. The van der Waals surface area contributed by atoms with E-state index in [2.05, 4.69) is 15.5 Å². The molecule has 0 aliphatic heterocycles. The number of rotatable bonds is 5. The zero-order valence-electron chi connectivity index (χ0n) is 12.9. The second kappa shape index (κ2) is 7.72. The van der Waals surface area contributed by atoms with Crippen LogP contribution in [-0.4, -0.2) is 16.0 Å². The van der Waals surface area contributed by atoms with E-state index in [0.717, 1.165) is 11.1 Å². The highest BCUT2D eigenvalue weighted by atomic mass is 35.5. The van der Waals surface area contributed by atoms with Gasteiger partial charge >= 0.3 is 0 Å². The summed E-state index contributed by atoms with van der Waals surface area (Å²) >= 11 is 5.83. The number of carbonyl (C=O) groups is 1. The van der Waals surface area contributed by atoms with Gasteiger partial charge in [-0.3, -0.25) is 4.79 Å². The predicted molar refractivity (Wildman–Crippen MR) is 92.0 cm³/mol. The van der Waals surface area contributed by atoms with Crippen LogP contribution in [0.5, 0.6) is 0 Å². The normalized spacial score (nSPS) is 11.0. The van der Waals surface area contributed by atoms with E-state index in [1.807, 2.05) is 0 Å². The van der Waals surface area contributed by atoms with Crippen molar-refractivity contribution in [3.05, 3.63) is 76.9 Å². The van der Waals surface area contributed by atoms with Gasteiger partial charge in [-0.05, 0) is 48.0 Å². The summed E-state index contributed by atoms with van der Waals surface area (Å²) in [6.45, 7) is 0.104. The Labute approximate surface area is 148 Å². The van der Waals surface area contributed by atoms with E-state index in [9.17, 15) is 9.18 Å². The molecule has 3 rings (SSSR count). The van der Waals surface area contributed by atoms with E-state index in [-0.39, 0.29) is 24.2 Å². The predicted octanol–water partition coefficient (Wildman–Crippen LogP) is 3.86. The number of aromatic nitrogens is 2. The van der Waals surface area contributed by atoms with Gasteiger partial charge in [-0.15, -0.1) is 0 Å². The van der Waals surface area contributed by atoms with Gasteiger partial charge in [-0.2, -0.15) is 4.98 Å². The third-order valence-corrected chi connectivity index (χ3v) is 3.53. The standard InChI is InChI=1S/C18H13ClFN3O2/c19-14-6-4-13(5-7-14)18-22-17(25-23-18)11-21-16(24)10-3-12-1-8-15(20)9-2-12/h1-10H,11H2,(H,21,24). The minimum absolute atomic E-state index is 0.104. The second-order valence-electron chi connectivity index (χ2n) is 5.12. The van der Waals surface area contributed by atoms with Crippen LogP contribution < -0.4 is 5.32 Å². The fourth-order valence-corrected chi connectivity index (χ4v) is 2.14. The third kappa shape index (κ3) is 4.74. The summed E-state index contributed by atoms with van der Waals surface area (Å²) in [5, 5.41) is 7.12. The minimum Gasteiger partial charge on any atom is -0.343 e. The van der Waals surface area contributed by atoms with Crippen molar-refractivity contribution in [3.63, 3.8) is 0 Å². The van der Waals surface area contributed by atoms with Gasteiger partial charge in [0.2, 0.25) is 17.6 Å². The van der Waals surface area contributed by atoms with Crippen LogP contribution in [0.15, 0.2) is 59.1 Å². The summed E-state index contributed by atoms with van der Waals surface area (Å²) in [5.74, 6) is 0.0568. The summed E-state index contributed by atoms with van der Waals surface area (Å²) in [7, 11) is 0. The Balaban J connectivity index is 1.55. The lowest BCUT2D eigenvalue weighted by atomic mass is 10.2. The number of halogens is 2. The summed E-state index contributed by atoms with van der Waals surface area (Å²) in [4.78, 5) is 16.0. The highest BCUT2D eigenvalue weighted by molar-refractivity contribution is 6.30. The van der Waals surface area contributed by atoms with Crippen LogP contribution in [-0.2, 0) is 11.3 Å². The number of hydrogen-bond acceptors (Lipinski definition) is 4. The van der Waals surface area contributed by atoms with Gasteiger partial charge in [0, 0.05) is 16.7 Å². The van der Waals surface area contributed by atoms with Crippen molar-refractivity contribution >= 4 is 23.6 Å². The molecule has 0 aliphatic carbocycles. The first-order valence-corrected chi connectivity index (χ1v) is 7.78. The minimum atomic E-state index is -0.325. The first kappa shape index (κ1) is 16.9. The maximum Gasteiger partial charge on any atom is 0.246 e. The second-order valence-corrected chi connectivity index (χ2v) is 5.56. The molecule has 0 aliphatic rings. The number of hydrogen-bond donors (Lipinski definition) is 1. The molecule has 3 aromatic rings. The monoisotopic (exact) mass is 357 g/mol. The maximum absolute atomic E-state index is 12.8. The summed E-state index contributed by atoms with van der Waals surface area (Å²) in [6, 6.07) is 12.8. The molecule has 25 heavy (non-hydrogen) atoms. The average Bonchev–Trinajstić information content (AvgIpc) is 3.09. The molecule has 5 nitrogen and oxygen atoms in total. The zero-order valence-corrected chi connectivity index (χ0v) is 13.7. The molecule has 1 aromatic heterocycles. The lowest BCUT2D eigenvalue weighted by Gasteiger charge is -1.97. The van der Waals surface area contributed by atoms with Gasteiger partial charge in [0.05, 0.1) is 6.54 Å². The quantitative estimate of drug-likeness (QED) is 0.704. The van der Waals surface area contributed by atoms with E-state index >= 15 is 0 Å². The number of nitrogens with zero attached hydrogens (tertiary/aromatic N) is 2. The van der Waals surface area contributed by atoms with Gasteiger partial charge in [-0.25, -0.2) is 4.39 Å². The maximum atomic E-state index is 12.8. The summed E-state index contributed by atoms with van der Waals surface area (Å²) in [5.41, 5.74) is 1.49. The van der Waals surface area contributed by atoms with Crippen LogP contribution in [0.3, 0.4) is 0 Å². The van der Waals surface area contributed by atoms with Crippen molar-refractivity contribution in [2.75, 3.05) is 0 Å². The smallest absolute Gasteiger partial charge is 0.246 e. The summed E-state index contributed by atoms with van der Waals surface area (Å²) in [6.07, 6.45) is 2.94. The molecule has 1 heterocycles. The van der Waals surface area contributed by atoms with Gasteiger partial charge in [-0.1, -0.05) is 28.9 Å². The van der Waals surface area contributed by atoms with Crippen LogP contribution in [0.1, 0.15) is 11.5 Å². The van der Waals surface area contributed by atoms with Gasteiger partial charge in [0.1, 0.15) is 5.82 Å². The molecule has 2 aromatic carbocycles. The average molecular weight is 358 g/mol. The molecule has 7 heteroatoms. The highest BCUT2D eigenvalue weighted by Gasteiger charge is 2.09. The lowest BCUT2D eigenvalue weighted by Crippen LogP contribution is -2.20. The van der Waals surface area contributed by atoms with Gasteiger partial charge in [0.25, 0.3) is 0 Å². The molecule has 0 bridgehead atoms. The molecule has 0 saturated heterocycles. The lowest BCUT2D eigenvalue weighted by molar-refractivity contribution is -0.116. The molecule has 0 saturated carbocycles. The molecule has 0 unspecified atom stereocenters. The van der Waals surface area contributed by atoms with Crippen LogP contribution in [0.4, 0.5) is 4.39 Å². The molecule has 0 fully saturated rings. The Hall–Kier alpha value is -2.99. The van der Waals surface area contributed by atoms with Crippen molar-refractivity contribution in [2.45, 2.75) is 6.54 Å². The van der Waals surface area contributed by atoms with Crippen LogP contribution >= 0.6 is 11.6 Å². The van der Waals surface area contributed by atoms with Crippen molar-refractivity contribution in [3.8, 4) is 11.4 Å². The van der Waals surface area contributed by atoms with E-state index in [1.54, 1.807) is 42.5 Å². The molecular weight excluding hydrogens is 345 g/mol. The van der Waals surface area contributed by atoms with Crippen molar-refractivity contribution in [1.29, 1.82) is 0 Å². The number of benzene rings is 2. The Bertz CT molecular complexity index is 889. The molecular formula is C18H13ClFN3O2. The Morgan fingerprint density at radius 1 is 1.16 bits per heavy atom. The van der Waals surface area contributed by atoms with Crippen molar-refractivity contribution in [2.24, 2.45) is 0 Å². The van der Waals surface area contributed by atoms with Gasteiger partial charge < -0.3 is 9.84 Å². The fraction of sp³-hybridized carbons (Fsp3) is 0.0556. The number of carbonyl (C=O) groups excluding carboxylic acids is 1. The van der Waals surface area contributed by atoms with Crippen molar-refractivity contribution in [1.82, 2.24) is 15.5 Å². The molecule has 1 N–H and O–H groups in total. The molecule has 1 amide bonds. The zero-order chi connectivity index (χ0) is 17.6. The first-order chi connectivity index (χ1) is 12.1. The van der Waals surface area contributed by atoms with Crippen LogP contribution in [0.2, 0.25) is 5.02 Å². The van der Waals surface area contributed by atoms with E-state index < -0.39 is 0 Å². The van der Waals surface area contributed by atoms with Crippen molar-refractivity contribution < 1.29 is 13.7 Å². The topological polar surface area (TPSA) is 68.0 Å². The molecule has 0 atom stereocenters. The van der Waals surface area contributed by atoms with E-state index in [4.69, 9.17) is 16.1 Å². The number of amides is 1. The first-order valence-electron chi connectivity index (χ1n) is 7.40. The largest absolute Gasteiger partial charge is 0.343 e. The van der Waals surface area contributed by atoms with E-state index in [0.29, 0.717) is 10.8 Å². The fourth-order valence-electron chi connectivity index (χ4n) is 2.01. The Morgan fingerprint density at radius 2 is 1.88 bits per heavy atom. The van der Waals surface area contributed by atoms with Gasteiger partial charge in [0.15, 0.2) is 0 Å². The molecule has 126 valence electrons. The van der Waals surface area contributed by atoms with E-state index in [1.165, 1.54) is 18.2 Å². The Morgan fingerprint density at radius 3 is 2.60 bits per heavy atom. The molecule has 0 spiro atoms. The summed E-state index contributed by atoms with van der Waals surface area (Å²) < 4.78 is 17.9. The Kier molecular flexibility index (Phi) is 5.20. The SMILES string of the molecule is O=C(C=Cc1ccc(F)cc1)NCc1nc(-c2ccc(Cl)cc2)no1.